The molecular formula is C15H17BrN2O. The van der Waals surface area contributed by atoms with Crippen LogP contribution >= 0.6 is 15.9 Å². The third-order valence-corrected chi connectivity index (χ3v) is 3.67. The Morgan fingerprint density at radius 1 is 1.16 bits per heavy atom. The van der Waals surface area contributed by atoms with E-state index in [1.54, 1.807) is 7.11 Å². The summed E-state index contributed by atoms with van der Waals surface area (Å²) in [7, 11) is 1.66. The lowest BCUT2D eigenvalue weighted by atomic mass is 9.95. The van der Waals surface area contributed by atoms with Crippen LogP contribution in [0.15, 0.2) is 46.9 Å². The van der Waals surface area contributed by atoms with Gasteiger partial charge in [0.25, 0.3) is 0 Å². The number of nitrogens with one attached hydrogen (secondary N) is 1. The summed E-state index contributed by atoms with van der Waals surface area (Å²) in [5.41, 5.74) is 6.22. The van der Waals surface area contributed by atoms with Crippen LogP contribution in [-0.2, 0) is 0 Å². The number of benzene rings is 2. The summed E-state index contributed by atoms with van der Waals surface area (Å²) in [5.74, 6) is 6.56. The van der Waals surface area contributed by atoms with Crippen molar-refractivity contribution in [1.29, 1.82) is 0 Å². The molecule has 2 aromatic carbocycles. The van der Waals surface area contributed by atoms with Crippen molar-refractivity contribution < 1.29 is 4.74 Å². The van der Waals surface area contributed by atoms with Crippen molar-refractivity contribution in [3.63, 3.8) is 0 Å². The minimum Gasteiger partial charge on any atom is -0.496 e. The number of hydrogen-bond acceptors (Lipinski definition) is 3. The first kappa shape index (κ1) is 14.1. The Morgan fingerprint density at radius 3 is 2.53 bits per heavy atom. The highest BCUT2D eigenvalue weighted by Gasteiger charge is 2.18. The summed E-state index contributed by atoms with van der Waals surface area (Å²) in [6.07, 6.45) is 0. The third-order valence-electron chi connectivity index (χ3n) is 3.17. The molecule has 19 heavy (non-hydrogen) atoms. The number of rotatable bonds is 4. The van der Waals surface area contributed by atoms with Crippen molar-refractivity contribution in [2.45, 2.75) is 13.0 Å². The van der Waals surface area contributed by atoms with E-state index in [0.29, 0.717) is 0 Å². The van der Waals surface area contributed by atoms with E-state index in [1.165, 1.54) is 5.56 Å². The van der Waals surface area contributed by atoms with Gasteiger partial charge in [-0.2, -0.15) is 0 Å². The second-order valence-corrected chi connectivity index (χ2v) is 5.26. The van der Waals surface area contributed by atoms with Crippen molar-refractivity contribution in [2.75, 3.05) is 7.11 Å². The minimum atomic E-state index is -0.0933. The summed E-state index contributed by atoms with van der Waals surface area (Å²) in [6, 6.07) is 14.0. The van der Waals surface area contributed by atoms with E-state index in [2.05, 4.69) is 40.4 Å². The Kier molecular flexibility index (Phi) is 4.58. The van der Waals surface area contributed by atoms with Crippen molar-refractivity contribution >= 4 is 15.9 Å². The smallest absolute Gasteiger partial charge is 0.125 e. The van der Waals surface area contributed by atoms with Gasteiger partial charge in [-0.25, -0.2) is 5.43 Å². The normalized spacial score (nSPS) is 12.2. The van der Waals surface area contributed by atoms with Crippen molar-refractivity contribution in [1.82, 2.24) is 5.43 Å². The fourth-order valence-electron chi connectivity index (χ4n) is 2.18. The molecule has 0 fully saturated rings. The van der Waals surface area contributed by atoms with Gasteiger partial charge >= 0.3 is 0 Å². The van der Waals surface area contributed by atoms with Gasteiger partial charge in [0, 0.05) is 10.0 Å². The molecule has 0 bridgehead atoms. The Balaban J connectivity index is 2.51. The summed E-state index contributed by atoms with van der Waals surface area (Å²) < 4.78 is 6.43. The van der Waals surface area contributed by atoms with E-state index in [-0.39, 0.29) is 6.04 Å². The summed E-state index contributed by atoms with van der Waals surface area (Å²) in [6.45, 7) is 2.07. The maximum Gasteiger partial charge on any atom is 0.125 e. The molecular weight excluding hydrogens is 304 g/mol. The van der Waals surface area contributed by atoms with E-state index in [0.717, 1.165) is 21.3 Å². The Morgan fingerprint density at radius 2 is 1.89 bits per heavy atom. The van der Waals surface area contributed by atoms with E-state index in [1.807, 2.05) is 30.3 Å². The molecule has 0 saturated heterocycles. The van der Waals surface area contributed by atoms with E-state index in [4.69, 9.17) is 10.6 Å². The predicted octanol–water partition coefficient (Wildman–Crippen LogP) is 3.32. The molecule has 0 spiro atoms. The van der Waals surface area contributed by atoms with E-state index < -0.39 is 0 Å². The number of hydrazine groups is 1. The van der Waals surface area contributed by atoms with Gasteiger partial charge in [-0.3, -0.25) is 5.84 Å². The van der Waals surface area contributed by atoms with Crippen molar-refractivity contribution in [3.8, 4) is 5.75 Å². The van der Waals surface area contributed by atoms with E-state index >= 15 is 0 Å². The van der Waals surface area contributed by atoms with Gasteiger partial charge in [-0.15, -0.1) is 0 Å². The Hall–Kier alpha value is -1.36. The molecule has 2 rings (SSSR count). The fraction of sp³-hybridized carbons (Fsp3) is 0.200. The Labute approximate surface area is 121 Å². The molecule has 4 heteroatoms. The number of methoxy groups -OCH3 is 1. The van der Waals surface area contributed by atoms with Gasteiger partial charge in [-0.05, 0) is 30.2 Å². The summed E-state index contributed by atoms with van der Waals surface area (Å²) >= 11 is 3.45. The molecule has 0 saturated carbocycles. The van der Waals surface area contributed by atoms with Crippen LogP contribution in [0.3, 0.4) is 0 Å². The second-order valence-electron chi connectivity index (χ2n) is 4.34. The zero-order valence-corrected chi connectivity index (χ0v) is 12.6. The third kappa shape index (κ3) is 2.97. The van der Waals surface area contributed by atoms with Crippen LogP contribution in [-0.4, -0.2) is 7.11 Å². The first-order valence-corrected chi connectivity index (χ1v) is 6.81. The monoisotopic (exact) mass is 320 g/mol. The fourth-order valence-corrected chi connectivity index (χ4v) is 2.52. The average molecular weight is 321 g/mol. The Bertz CT molecular complexity index is 572. The van der Waals surface area contributed by atoms with E-state index in [9.17, 15) is 0 Å². The summed E-state index contributed by atoms with van der Waals surface area (Å²) in [5, 5.41) is 0. The molecule has 0 amide bonds. The van der Waals surface area contributed by atoms with Gasteiger partial charge in [0.05, 0.1) is 13.2 Å². The van der Waals surface area contributed by atoms with Crippen LogP contribution in [0.1, 0.15) is 22.7 Å². The van der Waals surface area contributed by atoms with Crippen LogP contribution in [0, 0.1) is 6.92 Å². The van der Waals surface area contributed by atoms with Gasteiger partial charge in [0.15, 0.2) is 0 Å². The SMILES string of the molecule is COc1cc(Br)ccc1C(NN)c1ccccc1C. The minimum absolute atomic E-state index is 0.0933. The number of aryl methyl sites for hydroxylation is 1. The van der Waals surface area contributed by atoms with Gasteiger partial charge in [0.2, 0.25) is 0 Å². The lowest BCUT2D eigenvalue weighted by molar-refractivity contribution is 0.404. The van der Waals surface area contributed by atoms with Crippen LogP contribution < -0.4 is 16.0 Å². The lowest BCUT2D eigenvalue weighted by Crippen LogP contribution is -2.29. The van der Waals surface area contributed by atoms with Crippen LogP contribution in [0.4, 0.5) is 0 Å². The van der Waals surface area contributed by atoms with Crippen molar-refractivity contribution in [2.24, 2.45) is 5.84 Å². The van der Waals surface area contributed by atoms with Gasteiger partial charge in [-0.1, -0.05) is 46.3 Å². The molecule has 1 atom stereocenters. The predicted molar refractivity (Wildman–Crippen MR) is 81.0 cm³/mol. The van der Waals surface area contributed by atoms with Crippen molar-refractivity contribution in [3.05, 3.63) is 63.6 Å². The maximum absolute atomic E-state index is 5.75. The highest BCUT2D eigenvalue weighted by Crippen LogP contribution is 2.33. The van der Waals surface area contributed by atoms with Crippen LogP contribution in [0.25, 0.3) is 0 Å². The largest absolute Gasteiger partial charge is 0.496 e. The maximum atomic E-state index is 5.75. The molecule has 3 N–H and O–H groups in total. The standard InChI is InChI=1S/C15H17BrN2O/c1-10-5-3-4-6-12(10)15(18-17)13-8-7-11(16)9-14(13)19-2/h3-9,15,18H,17H2,1-2H3. The molecule has 0 aliphatic heterocycles. The first-order chi connectivity index (χ1) is 9.17. The highest BCUT2D eigenvalue weighted by atomic mass is 79.9. The molecule has 100 valence electrons. The second kappa shape index (κ2) is 6.19. The summed E-state index contributed by atoms with van der Waals surface area (Å²) in [4.78, 5) is 0. The first-order valence-electron chi connectivity index (χ1n) is 6.02. The molecule has 0 aromatic heterocycles. The molecule has 0 aliphatic rings. The average Bonchev–Trinajstić information content (AvgIpc) is 2.43. The van der Waals surface area contributed by atoms with Gasteiger partial charge < -0.3 is 4.74 Å². The number of nitrogens with two attached hydrogens (primary N) is 1. The molecule has 0 radical (unpaired) electrons. The quantitative estimate of drug-likeness (QED) is 0.671. The number of ether oxygens (including phenoxy) is 1. The topological polar surface area (TPSA) is 47.3 Å². The number of halogens is 1. The number of hydrogen-bond donors (Lipinski definition) is 2. The van der Waals surface area contributed by atoms with Gasteiger partial charge in [0.1, 0.15) is 5.75 Å². The molecule has 2 aromatic rings. The van der Waals surface area contributed by atoms with Crippen LogP contribution in [0.5, 0.6) is 5.75 Å². The highest BCUT2D eigenvalue weighted by molar-refractivity contribution is 9.10. The molecule has 0 aliphatic carbocycles. The molecule has 0 heterocycles. The zero-order chi connectivity index (χ0) is 13.8. The zero-order valence-electron chi connectivity index (χ0n) is 11.0. The molecule has 3 nitrogen and oxygen atoms in total. The lowest BCUT2D eigenvalue weighted by Gasteiger charge is -2.21. The molecule has 1 unspecified atom stereocenters. The van der Waals surface area contributed by atoms with Crippen LogP contribution in [0.2, 0.25) is 0 Å².